The lowest BCUT2D eigenvalue weighted by Gasteiger charge is -2.09. The Hall–Kier alpha value is -3.33. The summed E-state index contributed by atoms with van der Waals surface area (Å²) in [6.07, 6.45) is 3.02. The number of aromatic amines is 1. The number of benzene rings is 1. The molecular formula is C19H22N2O7. The van der Waals surface area contributed by atoms with Crippen LogP contribution in [0.3, 0.4) is 0 Å². The zero-order valence-electron chi connectivity index (χ0n) is 15.9. The van der Waals surface area contributed by atoms with Crippen LogP contribution in [0.1, 0.15) is 22.3 Å². The molecule has 2 aromatic rings. The van der Waals surface area contributed by atoms with Crippen LogP contribution in [0.4, 0.5) is 0 Å². The summed E-state index contributed by atoms with van der Waals surface area (Å²) in [6, 6.07) is 5.02. The van der Waals surface area contributed by atoms with E-state index in [1.807, 2.05) is 4.98 Å². The number of hydrogen-bond acceptors (Lipinski definition) is 7. The van der Waals surface area contributed by atoms with Gasteiger partial charge in [0, 0.05) is 20.3 Å². The van der Waals surface area contributed by atoms with Crippen molar-refractivity contribution in [2.75, 3.05) is 27.9 Å². The second-order valence-corrected chi connectivity index (χ2v) is 5.77. The normalized spacial score (nSPS) is 11.0. The Balaban J connectivity index is 2.33. The van der Waals surface area contributed by atoms with Gasteiger partial charge in [-0.25, -0.2) is 4.79 Å². The lowest BCUT2D eigenvalue weighted by atomic mass is 10.1. The van der Waals surface area contributed by atoms with E-state index in [4.69, 9.17) is 14.2 Å². The number of rotatable bonds is 9. The molecule has 2 rings (SSSR count). The highest BCUT2D eigenvalue weighted by molar-refractivity contribution is 6.08. The molecule has 0 amide bonds. The van der Waals surface area contributed by atoms with Crippen molar-refractivity contribution in [2.45, 2.75) is 13.0 Å². The molecule has 0 saturated carbocycles. The molecule has 0 radical (unpaired) electrons. The van der Waals surface area contributed by atoms with Crippen molar-refractivity contribution in [3.8, 4) is 17.4 Å². The van der Waals surface area contributed by atoms with Gasteiger partial charge in [-0.3, -0.25) is 19.1 Å². The second kappa shape index (κ2) is 9.56. The third-order valence-corrected chi connectivity index (χ3v) is 3.98. The first-order chi connectivity index (χ1) is 13.4. The average molecular weight is 390 g/mol. The maximum Gasteiger partial charge on any atom is 0.331 e. The Morgan fingerprint density at radius 1 is 1.18 bits per heavy atom. The van der Waals surface area contributed by atoms with Crippen molar-refractivity contribution in [3.63, 3.8) is 0 Å². The molecule has 2 N–H and O–H groups in total. The molecule has 0 aliphatic heterocycles. The predicted molar refractivity (Wildman–Crippen MR) is 102 cm³/mol. The Kier molecular flexibility index (Phi) is 7.16. The topological polar surface area (TPSA) is 120 Å². The Bertz CT molecular complexity index is 989. The molecule has 9 heteroatoms. The van der Waals surface area contributed by atoms with E-state index in [1.165, 1.54) is 27.4 Å². The first-order valence-electron chi connectivity index (χ1n) is 8.42. The number of aromatic hydroxyl groups is 1. The minimum atomic E-state index is -0.951. The fourth-order valence-corrected chi connectivity index (χ4v) is 2.57. The van der Waals surface area contributed by atoms with E-state index in [-0.39, 0.29) is 6.54 Å². The number of ether oxygens (including phenoxy) is 3. The van der Waals surface area contributed by atoms with Crippen LogP contribution in [0.5, 0.6) is 17.4 Å². The van der Waals surface area contributed by atoms with Crippen molar-refractivity contribution in [3.05, 3.63) is 56.2 Å². The molecular weight excluding hydrogens is 368 g/mol. The zero-order chi connectivity index (χ0) is 20.7. The van der Waals surface area contributed by atoms with Gasteiger partial charge in [0.05, 0.1) is 14.2 Å². The second-order valence-electron chi connectivity index (χ2n) is 5.77. The fourth-order valence-electron chi connectivity index (χ4n) is 2.57. The van der Waals surface area contributed by atoms with E-state index in [1.54, 1.807) is 18.2 Å². The molecule has 0 saturated heterocycles. The number of nitrogens with zero attached hydrogens (tertiary/aromatic N) is 1. The van der Waals surface area contributed by atoms with Gasteiger partial charge in [0.15, 0.2) is 17.3 Å². The molecule has 0 fully saturated rings. The summed E-state index contributed by atoms with van der Waals surface area (Å²) < 4.78 is 16.2. The van der Waals surface area contributed by atoms with Crippen molar-refractivity contribution >= 4 is 11.9 Å². The minimum Gasteiger partial charge on any atom is -0.494 e. The molecule has 0 unspecified atom stereocenters. The maximum absolute atomic E-state index is 12.5. The van der Waals surface area contributed by atoms with Gasteiger partial charge in [0.1, 0.15) is 5.56 Å². The summed E-state index contributed by atoms with van der Waals surface area (Å²) >= 11 is 0. The van der Waals surface area contributed by atoms with Crippen LogP contribution >= 0.6 is 0 Å². The molecule has 1 aromatic heterocycles. The standard InChI is InChI=1S/C19H22N2O7/c1-26-10-4-9-21-18(24)16(17(23)20-19(21)25)13(22)7-5-12-6-8-14(27-2)15(11-12)28-3/h5-8,11,24H,4,9-10H2,1-3H3,(H,20,23,25)/b7-5+. The summed E-state index contributed by atoms with van der Waals surface area (Å²) in [5, 5.41) is 10.3. The summed E-state index contributed by atoms with van der Waals surface area (Å²) in [5.74, 6) is -0.409. The molecule has 0 spiro atoms. The monoisotopic (exact) mass is 390 g/mol. The molecule has 150 valence electrons. The molecule has 0 aliphatic rings. The summed E-state index contributed by atoms with van der Waals surface area (Å²) in [7, 11) is 4.50. The summed E-state index contributed by atoms with van der Waals surface area (Å²) in [4.78, 5) is 38.4. The van der Waals surface area contributed by atoms with Crippen LogP contribution in [-0.2, 0) is 11.3 Å². The van der Waals surface area contributed by atoms with E-state index in [9.17, 15) is 19.5 Å². The van der Waals surface area contributed by atoms with E-state index in [2.05, 4.69) is 0 Å². The van der Waals surface area contributed by atoms with Gasteiger partial charge in [-0.1, -0.05) is 12.1 Å². The van der Waals surface area contributed by atoms with Crippen molar-refractivity contribution in [1.82, 2.24) is 9.55 Å². The van der Waals surface area contributed by atoms with Gasteiger partial charge in [-0.15, -0.1) is 0 Å². The summed E-state index contributed by atoms with van der Waals surface area (Å²) in [6.45, 7) is 0.447. The van der Waals surface area contributed by atoms with Crippen LogP contribution in [-0.4, -0.2) is 48.4 Å². The third-order valence-electron chi connectivity index (χ3n) is 3.98. The van der Waals surface area contributed by atoms with Gasteiger partial charge < -0.3 is 19.3 Å². The molecule has 1 heterocycles. The summed E-state index contributed by atoms with van der Waals surface area (Å²) in [5.41, 5.74) is -1.63. The van der Waals surface area contributed by atoms with E-state index in [0.717, 1.165) is 10.6 Å². The first kappa shape index (κ1) is 21.0. The number of hydrogen-bond donors (Lipinski definition) is 2. The van der Waals surface area contributed by atoms with Crippen LogP contribution in [0.2, 0.25) is 0 Å². The Morgan fingerprint density at radius 3 is 2.54 bits per heavy atom. The number of carbonyl (C=O) groups excluding carboxylic acids is 1. The van der Waals surface area contributed by atoms with Crippen LogP contribution in [0, 0.1) is 0 Å². The number of nitrogens with one attached hydrogen (secondary N) is 1. The number of carbonyl (C=O) groups is 1. The first-order valence-corrected chi connectivity index (χ1v) is 8.42. The molecule has 1 aromatic carbocycles. The number of ketones is 1. The molecule has 28 heavy (non-hydrogen) atoms. The SMILES string of the molecule is COCCCn1c(O)c(C(=O)/C=C/c2ccc(OC)c(OC)c2)c(=O)[nH]c1=O. The zero-order valence-corrected chi connectivity index (χ0v) is 15.9. The van der Waals surface area contributed by atoms with Crippen molar-refractivity contribution in [2.24, 2.45) is 0 Å². The highest BCUT2D eigenvalue weighted by Gasteiger charge is 2.19. The smallest absolute Gasteiger partial charge is 0.331 e. The van der Waals surface area contributed by atoms with Gasteiger partial charge in [0.2, 0.25) is 5.88 Å². The number of methoxy groups -OCH3 is 3. The number of allylic oxidation sites excluding steroid dienone is 1. The molecule has 0 bridgehead atoms. The largest absolute Gasteiger partial charge is 0.494 e. The molecule has 0 aliphatic carbocycles. The fraction of sp³-hybridized carbons (Fsp3) is 0.316. The van der Waals surface area contributed by atoms with Gasteiger partial charge in [-0.2, -0.15) is 0 Å². The van der Waals surface area contributed by atoms with Gasteiger partial charge in [0.25, 0.3) is 5.56 Å². The van der Waals surface area contributed by atoms with Gasteiger partial charge >= 0.3 is 5.69 Å². The Morgan fingerprint density at radius 2 is 1.89 bits per heavy atom. The van der Waals surface area contributed by atoms with Crippen molar-refractivity contribution < 1.29 is 24.1 Å². The molecule has 9 nitrogen and oxygen atoms in total. The van der Waals surface area contributed by atoms with E-state index < -0.39 is 28.5 Å². The van der Waals surface area contributed by atoms with Gasteiger partial charge in [-0.05, 0) is 30.2 Å². The van der Waals surface area contributed by atoms with Crippen LogP contribution in [0.15, 0.2) is 33.9 Å². The predicted octanol–water partition coefficient (Wildman–Crippen LogP) is 1.19. The average Bonchev–Trinajstić information content (AvgIpc) is 2.68. The number of H-pyrrole nitrogens is 1. The minimum absolute atomic E-state index is 0.0922. The highest BCUT2D eigenvalue weighted by atomic mass is 16.5. The lowest BCUT2D eigenvalue weighted by molar-refractivity contribution is 0.104. The van der Waals surface area contributed by atoms with E-state index in [0.29, 0.717) is 30.1 Å². The quantitative estimate of drug-likeness (QED) is 0.375. The molecule has 0 atom stereocenters. The number of aromatic nitrogens is 2. The third kappa shape index (κ3) is 4.68. The highest BCUT2D eigenvalue weighted by Crippen LogP contribution is 2.28. The van der Waals surface area contributed by atoms with Crippen LogP contribution in [0.25, 0.3) is 6.08 Å². The van der Waals surface area contributed by atoms with Crippen molar-refractivity contribution in [1.29, 1.82) is 0 Å². The maximum atomic E-state index is 12.5. The Labute approximate surface area is 160 Å². The van der Waals surface area contributed by atoms with E-state index >= 15 is 0 Å². The lowest BCUT2D eigenvalue weighted by Crippen LogP contribution is -2.33. The van der Waals surface area contributed by atoms with Crippen LogP contribution < -0.4 is 20.7 Å².